The van der Waals surface area contributed by atoms with Crippen molar-refractivity contribution in [3.05, 3.63) is 22.8 Å². The van der Waals surface area contributed by atoms with Crippen molar-refractivity contribution >= 4 is 0 Å². The third-order valence-electron chi connectivity index (χ3n) is 4.21. The van der Waals surface area contributed by atoms with Gasteiger partial charge >= 0.3 is 0 Å². The molecule has 1 aromatic rings. The molecule has 1 aromatic heterocycles. The molecule has 0 bridgehead atoms. The normalized spacial score (nSPS) is 28.1. The lowest BCUT2D eigenvalue weighted by Gasteiger charge is -2.26. The zero-order chi connectivity index (χ0) is 11.8. The third-order valence-corrected chi connectivity index (χ3v) is 4.21. The van der Waals surface area contributed by atoms with Crippen LogP contribution in [0.15, 0.2) is 0 Å². The quantitative estimate of drug-likeness (QED) is 0.807. The highest BCUT2D eigenvalue weighted by Crippen LogP contribution is 2.35. The zero-order valence-electron chi connectivity index (χ0n) is 10.8. The summed E-state index contributed by atoms with van der Waals surface area (Å²) in [5, 5.41) is 3.36. The summed E-state index contributed by atoms with van der Waals surface area (Å²) in [5.74, 6) is 2.55. The van der Waals surface area contributed by atoms with Crippen molar-refractivity contribution < 1.29 is 0 Å². The second-order valence-electron chi connectivity index (χ2n) is 5.66. The molecule has 1 saturated carbocycles. The highest BCUT2D eigenvalue weighted by Gasteiger charge is 2.25. The van der Waals surface area contributed by atoms with Crippen LogP contribution >= 0.6 is 0 Å². The van der Waals surface area contributed by atoms with Gasteiger partial charge in [-0.05, 0) is 25.7 Å². The van der Waals surface area contributed by atoms with Crippen molar-refractivity contribution in [1.82, 2.24) is 15.3 Å². The monoisotopic (exact) mass is 231 g/mol. The van der Waals surface area contributed by atoms with Crippen LogP contribution in [0.4, 0.5) is 0 Å². The van der Waals surface area contributed by atoms with Crippen molar-refractivity contribution in [1.29, 1.82) is 0 Å². The van der Waals surface area contributed by atoms with Crippen LogP contribution in [0.3, 0.4) is 0 Å². The predicted molar refractivity (Wildman–Crippen MR) is 67.7 cm³/mol. The van der Waals surface area contributed by atoms with E-state index in [1.807, 2.05) is 0 Å². The van der Waals surface area contributed by atoms with E-state index in [0.717, 1.165) is 24.8 Å². The second kappa shape index (κ2) is 4.37. The summed E-state index contributed by atoms with van der Waals surface area (Å²) in [4.78, 5) is 9.55. The lowest BCUT2D eigenvalue weighted by atomic mass is 9.82. The SMILES string of the molecule is Cc1nc(C2CCCC(C)C2)nc2c1CNC2. The zero-order valence-corrected chi connectivity index (χ0v) is 10.8. The average molecular weight is 231 g/mol. The Labute approximate surface area is 103 Å². The molecule has 0 radical (unpaired) electrons. The van der Waals surface area contributed by atoms with E-state index in [-0.39, 0.29) is 0 Å². The topological polar surface area (TPSA) is 37.8 Å². The number of nitrogens with zero attached hydrogens (tertiary/aromatic N) is 2. The molecule has 17 heavy (non-hydrogen) atoms. The van der Waals surface area contributed by atoms with Crippen molar-refractivity contribution in [3.63, 3.8) is 0 Å². The molecule has 92 valence electrons. The second-order valence-corrected chi connectivity index (χ2v) is 5.66. The summed E-state index contributed by atoms with van der Waals surface area (Å²) in [6.45, 7) is 6.35. The molecule has 2 heterocycles. The predicted octanol–water partition coefficient (Wildman–Crippen LogP) is 2.68. The van der Waals surface area contributed by atoms with Crippen LogP contribution in [0, 0.1) is 12.8 Å². The summed E-state index contributed by atoms with van der Waals surface area (Å²) in [6.07, 6.45) is 5.26. The Kier molecular flexibility index (Phi) is 2.87. The lowest BCUT2D eigenvalue weighted by Crippen LogP contribution is -2.16. The van der Waals surface area contributed by atoms with Gasteiger partial charge in [0, 0.05) is 30.3 Å². The highest BCUT2D eigenvalue weighted by atomic mass is 15.0. The molecule has 3 heteroatoms. The van der Waals surface area contributed by atoms with E-state index in [0.29, 0.717) is 5.92 Å². The van der Waals surface area contributed by atoms with Gasteiger partial charge < -0.3 is 5.32 Å². The van der Waals surface area contributed by atoms with Crippen LogP contribution in [0.5, 0.6) is 0 Å². The molecular formula is C14H21N3. The first kappa shape index (κ1) is 11.1. The Hall–Kier alpha value is -0.960. The maximum atomic E-state index is 4.80. The maximum absolute atomic E-state index is 4.80. The largest absolute Gasteiger partial charge is 0.307 e. The van der Waals surface area contributed by atoms with E-state index in [9.17, 15) is 0 Å². The molecule has 1 aliphatic heterocycles. The molecule has 0 saturated heterocycles. The Bertz CT molecular complexity index is 428. The summed E-state index contributed by atoms with van der Waals surface area (Å²) in [6, 6.07) is 0. The standard InChI is InChI=1S/C14H21N3/c1-9-4-3-5-11(6-9)14-16-10(2)12-7-15-8-13(12)17-14/h9,11,15H,3-8H2,1-2H3. The third kappa shape index (κ3) is 2.08. The fourth-order valence-corrected chi connectivity index (χ4v) is 3.21. The van der Waals surface area contributed by atoms with Gasteiger partial charge in [0.05, 0.1) is 5.69 Å². The number of aromatic nitrogens is 2. The Morgan fingerprint density at radius 3 is 2.88 bits per heavy atom. The van der Waals surface area contributed by atoms with Crippen LogP contribution in [-0.2, 0) is 13.1 Å². The number of hydrogen-bond acceptors (Lipinski definition) is 3. The fourth-order valence-electron chi connectivity index (χ4n) is 3.21. The van der Waals surface area contributed by atoms with Crippen molar-refractivity contribution in [2.24, 2.45) is 5.92 Å². The molecule has 1 fully saturated rings. The molecule has 0 aromatic carbocycles. The van der Waals surface area contributed by atoms with E-state index in [4.69, 9.17) is 9.97 Å². The van der Waals surface area contributed by atoms with E-state index in [1.165, 1.54) is 42.6 Å². The van der Waals surface area contributed by atoms with Crippen molar-refractivity contribution in [3.8, 4) is 0 Å². The lowest BCUT2D eigenvalue weighted by molar-refractivity contribution is 0.334. The van der Waals surface area contributed by atoms with E-state index in [2.05, 4.69) is 19.2 Å². The van der Waals surface area contributed by atoms with E-state index in [1.54, 1.807) is 0 Å². The smallest absolute Gasteiger partial charge is 0.132 e. The summed E-state index contributed by atoms with van der Waals surface area (Å²) in [7, 11) is 0. The molecular weight excluding hydrogens is 210 g/mol. The molecule has 0 spiro atoms. The minimum Gasteiger partial charge on any atom is -0.307 e. The average Bonchev–Trinajstić information content (AvgIpc) is 2.77. The Balaban J connectivity index is 1.90. The van der Waals surface area contributed by atoms with Gasteiger partial charge in [-0.2, -0.15) is 0 Å². The van der Waals surface area contributed by atoms with Gasteiger partial charge in [0.2, 0.25) is 0 Å². The van der Waals surface area contributed by atoms with Gasteiger partial charge in [-0.25, -0.2) is 9.97 Å². The number of fused-ring (bicyclic) bond motifs is 1. The van der Waals surface area contributed by atoms with Gasteiger partial charge in [0.25, 0.3) is 0 Å². The molecule has 3 rings (SSSR count). The summed E-state index contributed by atoms with van der Waals surface area (Å²) in [5.41, 5.74) is 3.76. The van der Waals surface area contributed by atoms with Crippen LogP contribution < -0.4 is 5.32 Å². The summed E-state index contributed by atoms with van der Waals surface area (Å²) >= 11 is 0. The first-order valence-electron chi connectivity index (χ1n) is 6.81. The van der Waals surface area contributed by atoms with E-state index >= 15 is 0 Å². The van der Waals surface area contributed by atoms with Crippen molar-refractivity contribution in [2.45, 2.75) is 58.5 Å². The van der Waals surface area contributed by atoms with Gasteiger partial charge in [-0.3, -0.25) is 0 Å². The van der Waals surface area contributed by atoms with Gasteiger partial charge in [-0.1, -0.05) is 19.8 Å². The van der Waals surface area contributed by atoms with Gasteiger partial charge in [-0.15, -0.1) is 0 Å². The molecule has 3 nitrogen and oxygen atoms in total. The van der Waals surface area contributed by atoms with Crippen LogP contribution in [-0.4, -0.2) is 9.97 Å². The highest BCUT2D eigenvalue weighted by molar-refractivity contribution is 5.29. The van der Waals surface area contributed by atoms with Crippen molar-refractivity contribution in [2.75, 3.05) is 0 Å². The molecule has 2 unspecified atom stereocenters. The molecule has 2 atom stereocenters. The fraction of sp³-hybridized carbons (Fsp3) is 0.714. The van der Waals surface area contributed by atoms with Crippen LogP contribution in [0.1, 0.15) is 61.3 Å². The Morgan fingerprint density at radius 1 is 1.18 bits per heavy atom. The first-order chi connectivity index (χ1) is 8.24. The first-order valence-corrected chi connectivity index (χ1v) is 6.81. The minimum atomic E-state index is 0.600. The minimum absolute atomic E-state index is 0.600. The van der Waals surface area contributed by atoms with Gasteiger partial charge in [0.1, 0.15) is 5.82 Å². The summed E-state index contributed by atoms with van der Waals surface area (Å²) < 4.78 is 0. The number of nitrogens with one attached hydrogen (secondary N) is 1. The molecule has 1 N–H and O–H groups in total. The van der Waals surface area contributed by atoms with Crippen LogP contribution in [0.25, 0.3) is 0 Å². The molecule has 2 aliphatic rings. The van der Waals surface area contributed by atoms with E-state index < -0.39 is 0 Å². The maximum Gasteiger partial charge on any atom is 0.132 e. The number of hydrogen-bond donors (Lipinski definition) is 1. The van der Waals surface area contributed by atoms with Gasteiger partial charge in [0.15, 0.2) is 0 Å². The Morgan fingerprint density at radius 2 is 2.06 bits per heavy atom. The number of rotatable bonds is 1. The molecule has 0 amide bonds. The number of aryl methyl sites for hydroxylation is 1. The molecule has 1 aliphatic carbocycles. The van der Waals surface area contributed by atoms with Crippen LogP contribution in [0.2, 0.25) is 0 Å².